The van der Waals surface area contributed by atoms with Crippen molar-refractivity contribution < 1.29 is 19.4 Å². The lowest BCUT2D eigenvalue weighted by Crippen LogP contribution is -2.27. The Morgan fingerprint density at radius 3 is 2.72 bits per heavy atom. The van der Waals surface area contributed by atoms with Crippen LogP contribution in [0.15, 0.2) is 29.1 Å². The number of aryl methyl sites for hydroxylation is 1. The molecule has 1 unspecified atom stereocenters. The van der Waals surface area contributed by atoms with E-state index in [-0.39, 0.29) is 17.9 Å². The zero-order valence-electron chi connectivity index (χ0n) is 16.6. The number of pyridine rings is 2. The van der Waals surface area contributed by atoms with Gasteiger partial charge in [-0.3, -0.25) is 4.79 Å². The molecule has 0 saturated heterocycles. The molecule has 0 amide bonds. The van der Waals surface area contributed by atoms with E-state index in [2.05, 4.69) is 0 Å². The Morgan fingerprint density at radius 2 is 2.07 bits per heavy atom. The summed E-state index contributed by atoms with van der Waals surface area (Å²) in [5, 5.41) is 10.8. The maximum atomic E-state index is 13.3. The minimum atomic E-state index is -0.856. The van der Waals surface area contributed by atoms with E-state index in [1.54, 1.807) is 22.8 Å². The molecular formula is C22H22N2O5. The Balaban J connectivity index is 2.03. The number of rotatable bonds is 6. The van der Waals surface area contributed by atoms with Gasteiger partial charge in [0.05, 0.1) is 30.1 Å². The number of benzene rings is 1. The number of aldehydes is 1. The van der Waals surface area contributed by atoms with Crippen LogP contribution in [-0.4, -0.2) is 35.2 Å². The van der Waals surface area contributed by atoms with E-state index < -0.39 is 6.10 Å². The second-order valence-corrected chi connectivity index (χ2v) is 7.05. The highest BCUT2D eigenvalue weighted by Crippen LogP contribution is 2.37. The molecule has 1 atom stereocenters. The molecule has 0 bridgehead atoms. The fourth-order valence-electron chi connectivity index (χ4n) is 4.16. The third kappa shape index (κ3) is 2.94. The molecule has 1 aliphatic rings. The third-order valence-electron chi connectivity index (χ3n) is 5.51. The Hall–Kier alpha value is -3.03. The highest BCUT2D eigenvalue weighted by atomic mass is 16.5. The summed E-state index contributed by atoms with van der Waals surface area (Å²) < 4.78 is 12.2. The smallest absolute Gasteiger partial charge is 0.257 e. The monoisotopic (exact) mass is 394 g/mol. The zero-order chi connectivity index (χ0) is 20.7. The van der Waals surface area contributed by atoms with Crippen LogP contribution in [0.4, 0.5) is 0 Å². The maximum absolute atomic E-state index is 13.3. The van der Waals surface area contributed by atoms with E-state index in [0.29, 0.717) is 29.7 Å². The predicted molar refractivity (Wildman–Crippen MR) is 108 cm³/mol. The molecule has 0 spiro atoms. The molecular weight excluding hydrogens is 372 g/mol. The molecule has 0 aliphatic carbocycles. The number of aromatic hydroxyl groups is 1. The Labute approximate surface area is 167 Å². The summed E-state index contributed by atoms with van der Waals surface area (Å²) in [6, 6.07) is 6.89. The van der Waals surface area contributed by atoms with Gasteiger partial charge in [-0.1, -0.05) is 6.92 Å². The molecule has 0 saturated carbocycles. The molecule has 0 radical (unpaired) electrons. The predicted octanol–water partition coefficient (Wildman–Crippen LogP) is 2.73. The second-order valence-electron chi connectivity index (χ2n) is 7.05. The van der Waals surface area contributed by atoms with Crippen molar-refractivity contribution in [1.29, 1.82) is 0 Å². The SMILES string of the molecule is CCc1c2c(nc3ccc(O)cc13)-c1cc(C(C=O)OC)c(COC)c(=O)n1C2. The summed E-state index contributed by atoms with van der Waals surface area (Å²) in [5.41, 5.74) is 4.84. The number of methoxy groups -OCH3 is 2. The van der Waals surface area contributed by atoms with Crippen molar-refractivity contribution in [2.75, 3.05) is 14.2 Å². The topological polar surface area (TPSA) is 90.7 Å². The normalized spacial score (nSPS) is 13.3. The number of phenols is 1. The van der Waals surface area contributed by atoms with Gasteiger partial charge in [0, 0.05) is 36.3 Å². The van der Waals surface area contributed by atoms with Gasteiger partial charge in [-0.05, 0) is 36.2 Å². The first kappa shape index (κ1) is 19.3. The van der Waals surface area contributed by atoms with Crippen molar-refractivity contribution in [3.63, 3.8) is 0 Å². The van der Waals surface area contributed by atoms with E-state index in [1.165, 1.54) is 14.2 Å². The number of nitrogens with zero attached hydrogens (tertiary/aromatic N) is 2. The van der Waals surface area contributed by atoms with Gasteiger partial charge in [0.1, 0.15) is 11.9 Å². The molecule has 7 nitrogen and oxygen atoms in total. The fraction of sp³-hybridized carbons (Fsp3) is 0.318. The molecule has 1 aromatic carbocycles. The molecule has 3 aromatic rings. The summed E-state index contributed by atoms with van der Waals surface area (Å²) in [6.07, 6.45) is 0.556. The zero-order valence-corrected chi connectivity index (χ0v) is 16.6. The van der Waals surface area contributed by atoms with Gasteiger partial charge in [-0.2, -0.15) is 0 Å². The number of hydrogen-bond acceptors (Lipinski definition) is 6. The van der Waals surface area contributed by atoms with Crippen molar-refractivity contribution in [2.24, 2.45) is 0 Å². The molecule has 150 valence electrons. The highest BCUT2D eigenvalue weighted by molar-refractivity contribution is 5.89. The van der Waals surface area contributed by atoms with E-state index in [4.69, 9.17) is 14.5 Å². The largest absolute Gasteiger partial charge is 0.508 e. The lowest BCUT2D eigenvalue weighted by atomic mass is 9.98. The molecule has 1 aliphatic heterocycles. The summed E-state index contributed by atoms with van der Waals surface area (Å²) >= 11 is 0. The van der Waals surface area contributed by atoms with Gasteiger partial charge in [-0.15, -0.1) is 0 Å². The quantitative estimate of drug-likeness (QED) is 0.506. The Morgan fingerprint density at radius 1 is 1.28 bits per heavy atom. The van der Waals surface area contributed by atoms with Crippen molar-refractivity contribution >= 4 is 17.2 Å². The molecule has 7 heteroatoms. The minimum Gasteiger partial charge on any atom is -0.508 e. The summed E-state index contributed by atoms with van der Waals surface area (Å²) in [4.78, 5) is 29.6. The van der Waals surface area contributed by atoms with Gasteiger partial charge in [0.2, 0.25) is 0 Å². The molecule has 0 fully saturated rings. The summed E-state index contributed by atoms with van der Waals surface area (Å²) in [6.45, 7) is 2.52. The van der Waals surface area contributed by atoms with Crippen LogP contribution in [0.25, 0.3) is 22.3 Å². The number of fused-ring (bicyclic) bond motifs is 4. The van der Waals surface area contributed by atoms with Crippen LogP contribution >= 0.6 is 0 Å². The standard InChI is InChI=1S/C22H22N2O5/c1-4-13-14-7-12(26)5-6-18(14)23-21-16(13)9-24-19(21)8-15(20(10-25)29-3)17(11-28-2)22(24)27/h5-8,10,20,26H,4,9,11H2,1-3H3. The van der Waals surface area contributed by atoms with E-state index in [1.807, 2.05) is 13.0 Å². The molecule has 1 N–H and O–H groups in total. The number of aromatic nitrogens is 2. The van der Waals surface area contributed by atoms with Crippen LogP contribution in [0.3, 0.4) is 0 Å². The first-order chi connectivity index (χ1) is 14.0. The van der Waals surface area contributed by atoms with Crippen LogP contribution in [0.1, 0.15) is 35.3 Å². The number of carbonyl (C=O) groups is 1. The van der Waals surface area contributed by atoms with Gasteiger partial charge in [0.25, 0.3) is 5.56 Å². The van der Waals surface area contributed by atoms with Gasteiger partial charge < -0.3 is 23.9 Å². The lowest BCUT2D eigenvalue weighted by molar-refractivity contribution is -0.116. The molecule has 4 rings (SSSR count). The fourth-order valence-corrected chi connectivity index (χ4v) is 4.16. The molecule has 29 heavy (non-hydrogen) atoms. The van der Waals surface area contributed by atoms with Gasteiger partial charge >= 0.3 is 0 Å². The number of carbonyl (C=O) groups excluding carboxylic acids is 1. The first-order valence-electron chi connectivity index (χ1n) is 9.42. The van der Waals surface area contributed by atoms with Crippen molar-refractivity contribution in [3.8, 4) is 17.1 Å². The summed E-state index contributed by atoms with van der Waals surface area (Å²) in [5.74, 6) is 0.181. The summed E-state index contributed by atoms with van der Waals surface area (Å²) in [7, 11) is 2.94. The highest BCUT2D eigenvalue weighted by Gasteiger charge is 2.29. The van der Waals surface area contributed by atoms with Gasteiger partial charge in [-0.25, -0.2) is 4.98 Å². The number of ether oxygens (including phenoxy) is 2. The molecule has 2 aromatic heterocycles. The maximum Gasteiger partial charge on any atom is 0.257 e. The van der Waals surface area contributed by atoms with Crippen LogP contribution in [-0.2, 0) is 33.8 Å². The lowest BCUT2D eigenvalue weighted by Gasteiger charge is -2.16. The number of phenolic OH excluding ortho intramolecular Hbond substituents is 1. The van der Waals surface area contributed by atoms with Crippen LogP contribution in [0.2, 0.25) is 0 Å². The average Bonchev–Trinajstić information content (AvgIpc) is 3.08. The minimum absolute atomic E-state index is 0.0857. The van der Waals surface area contributed by atoms with E-state index in [9.17, 15) is 14.7 Å². The van der Waals surface area contributed by atoms with Crippen LogP contribution in [0, 0.1) is 0 Å². The van der Waals surface area contributed by atoms with Crippen LogP contribution < -0.4 is 5.56 Å². The second kappa shape index (κ2) is 7.42. The Bertz CT molecular complexity index is 1180. The number of hydrogen-bond donors (Lipinski definition) is 1. The van der Waals surface area contributed by atoms with Crippen molar-refractivity contribution in [3.05, 3.63) is 56.9 Å². The van der Waals surface area contributed by atoms with E-state index >= 15 is 0 Å². The van der Waals surface area contributed by atoms with Crippen molar-refractivity contribution in [1.82, 2.24) is 9.55 Å². The van der Waals surface area contributed by atoms with Crippen molar-refractivity contribution in [2.45, 2.75) is 32.6 Å². The molecule has 3 heterocycles. The Kier molecular flexibility index (Phi) is 4.94. The average molecular weight is 394 g/mol. The first-order valence-corrected chi connectivity index (χ1v) is 9.42. The third-order valence-corrected chi connectivity index (χ3v) is 5.51. The van der Waals surface area contributed by atoms with Gasteiger partial charge in [0.15, 0.2) is 6.29 Å². The van der Waals surface area contributed by atoms with Crippen LogP contribution in [0.5, 0.6) is 5.75 Å². The van der Waals surface area contributed by atoms with E-state index in [0.717, 1.165) is 34.1 Å².